The number of carboxylic acid groups (broad SMARTS) is 1. The van der Waals surface area contributed by atoms with Crippen molar-refractivity contribution in [2.75, 3.05) is 31.6 Å². The third-order valence-electron chi connectivity index (χ3n) is 14.0. The van der Waals surface area contributed by atoms with E-state index >= 15 is 0 Å². The predicted octanol–water partition coefficient (Wildman–Crippen LogP) is 12.6. The lowest BCUT2D eigenvalue weighted by molar-refractivity contribution is -0.139. The van der Waals surface area contributed by atoms with Crippen LogP contribution >= 0.6 is 0 Å². The zero-order valence-corrected chi connectivity index (χ0v) is 43.5. The maximum Gasteiger partial charge on any atom is 0.305 e. The van der Waals surface area contributed by atoms with Gasteiger partial charge in [0.1, 0.15) is 29.7 Å². The van der Waals surface area contributed by atoms with Gasteiger partial charge in [0, 0.05) is 47.5 Å². The number of aryl methyl sites for hydroxylation is 1. The molecule has 0 saturated carbocycles. The molecule has 3 heterocycles. The van der Waals surface area contributed by atoms with Crippen molar-refractivity contribution < 1.29 is 44.2 Å². The summed E-state index contributed by atoms with van der Waals surface area (Å²) in [6.45, 7) is 11.1. The number of rotatable bonds is 19. The molecule has 1 aliphatic rings. The summed E-state index contributed by atoms with van der Waals surface area (Å²) in [4.78, 5) is 27.5. The van der Waals surface area contributed by atoms with E-state index in [4.69, 9.17) is 9.84 Å². The fraction of sp³-hybridized carbons (Fsp3) is 0.302. The maximum absolute atomic E-state index is 14.0. The predicted molar refractivity (Wildman–Crippen MR) is 299 cm³/mol. The summed E-state index contributed by atoms with van der Waals surface area (Å²) in [6, 6.07) is 46.0. The van der Waals surface area contributed by atoms with Gasteiger partial charge in [-0.25, -0.2) is 4.39 Å². The van der Waals surface area contributed by atoms with Gasteiger partial charge in [0.2, 0.25) is 0 Å². The number of ether oxygens (including phenoxy) is 1. The number of nitrogens with one attached hydrogen (secondary N) is 1. The number of phenols is 2. The number of phenolic OH excluding ortho intramolecular Hbond substituents is 2. The molecule has 2 aromatic heterocycles. The first kappa shape index (κ1) is 54.5. The number of aliphatic carboxylic acids is 1. The maximum atomic E-state index is 14.0. The van der Waals surface area contributed by atoms with Gasteiger partial charge in [-0.15, -0.1) is 0 Å². The van der Waals surface area contributed by atoms with Crippen LogP contribution in [-0.2, 0) is 17.9 Å². The van der Waals surface area contributed by atoms with Crippen LogP contribution < -0.4 is 10.1 Å². The van der Waals surface area contributed by atoms with Crippen molar-refractivity contribution in [1.82, 2.24) is 14.0 Å². The molecule has 0 unspecified atom stereocenters. The number of aliphatic hydroxyl groups excluding tert-OH is 2. The summed E-state index contributed by atoms with van der Waals surface area (Å²) in [5, 5.41) is 53.7. The zero-order valence-electron chi connectivity index (χ0n) is 43.5. The number of carboxylic acids is 1. The first-order valence-electron chi connectivity index (χ1n) is 26.3. The van der Waals surface area contributed by atoms with Crippen molar-refractivity contribution in [1.29, 1.82) is 0 Å². The number of likely N-dealkylation sites (tertiary alicyclic amines) is 1. The number of anilines is 1. The van der Waals surface area contributed by atoms with Crippen LogP contribution in [0.5, 0.6) is 17.2 Å². The monoisotopic (exact) mass is 1030 g/mol. The molecule has 1 aliphatic heterocycles. The Bertz CT molecular complexity index is 3170. The van der Waals surface area contributed by atoms with Crippen LogP contribution in [0, 0.1) is 12.7 Å². The molecule has 0 spiro atoms. The molecule has 9 rings (SSSR count). The van der Waals surface area contributed by atoms with Crippen LogP contribution in [0.2, 0.25) is 0 Å². The molecule has 0 radical (unpaired) electrons. The molecule has 1 fully saturated rings. The van der Waals surface area contributed by atoms with E-state index < -0.39 is 24.6 Å². The molecule has 6 aromatic carbocycles. The van der Waals surface area contributed by atoms with E-state index in [0.29, 0.717) is 34.6 Å². The normalized spacial score (nSPS) is 13.7. The number of carbonyl (C=O) groups is 2. The van der Waals surface area contributed by atoms with E-state index in [2.05, 4.69) is 46.0 Å². The summed E-state index contributed by atoms with van der Waals surface area (Å²) in [5.74, 6) is -0.522. The average Bonchev–Trinajstić information content (AvgIpc) is 3.78. The van der Waals surface area contributed by atoms with Crippen LogP contribution in [0.25, 0.3) is 44.5 Å². The van der Waals surface area contributed by atoms with E-state index in [1.54, 1.807) is 30.3 Å². The van der Waals surface area contributed by atoms with Crippen LogP contribution in [0.15, 0.2) is 152 Å². The fourth-order valence-corrected chi connectivity index (χ4v) is 10.4. The molecule has 1 saturated heterocycles. The highest BCUT2D eigenvalue weighted by Gasteiger charge is 2.31. The lowest BCUT2D eigenvalue weighted by Crippen LogP contribution is -2.29. The number of para-hydroxylation sites is 1. The lowest BCUT2D eigenvalue weighted by Gasteiger charge is -2.20. The highest BCUT2D eigenvalue weighted by molar-refractivity contribution is 6.12. The molecule has 76 heavy (non-hydrogen) atoms. The van der Waals surface area contributed by atoms with Gasteiger partial charge >= 0.3 is 5.97 Å². The number of benzene rings is 6. The number of aromatic hydroxyl groups is 2. The minimum atomic E-state index is -1.18. The van der Waals surface area contributed by atoms with E-state index in [9.17, 15) is 34.4 Å². The van der Waals surface area contributed by atoms with Crippen molar-refractivity contribution in [2.45, 2.75) is 96.9 Å². The molecule has 12 nitrogen and oxygen atoms in total. The molecule has 0 aliphatic carbocycles. The second kappa shape index (κ2) is 25.7. The van der Waals surface area contributed by atoms with Gasteiger partial charge in [-0.1, -0.05) is 87.4 Å². The number of aliphatic hydroxyl groups is 2. The smallest absolute Gasteiger partial charge is 0.305 e. The molecule has 13 heteroatoms. The summed E-state index contributed by atoms with van der Waals surface area (Å²) in [6.07, 6.45) is 2.80. The van der Waals surface area contributed by atoms with E-state index in [0.717, 1.165) is 57.9 Å². The Morgan fingerprint density at radius 2 is 1.30 bits per heavy atom. The molecule has 396 valence electrons. The van der Waals surface area contributed by atoms with E-state index in [1.165, 1.54) is 56.5 Å². The van der Waals surface area contributed by atoms with Gasteiger partial charge in [-0.05, 0) is 170 Å². The number of nitrogens with zero attached hydrogens (tertiary/aromatic N) is 3. The SMILES string of the molecule is CC(C)c1c(C(=O)Nc2ccccc2)c(-c2ccccc2)c(-c2ccc(F)cc2)n1CC[C@@H](O)C[C@@H](O)CC(=O)O.Cc1c(-c2ccc(O)cc2)n(Cc2ccc(OCCN3CCCCCC3)cc2)c2ccc(O)cc12. The number of halogens is 1. The number of fused-ring (bicyclic) bond motifs is 1. The molecule has 1 amide bonds. The average molecular weight is 1030 g/mol. The number of hydrogen-bond acceptors (Lipinski definition) is 8. The Morgan fingerprint density at radius 1 is 0.684 bits per heavy atom. The largest absolute Gasteiger partial charge is 0.508 e. The second-order valence-electron chi connectivity index (χ2n) is 20.0. The second-order valence-corrected chi connectivity index (χ2v) is 20.0. The minimum absolute atomic E-state index is 0.0939. The van der Waals surface area contributed by atoms with Gasteiger partial charge in [0.05, 0.1) is 35.6 Å². The number of hydrogen-bond donors (Lipinski definition) is 6. The number of amides is 1. The third-order valence-corrected chi connectivity index (χ3v) is 14.0. The molecule has 2 atom stereocenters. The van der Waals surface area contributed by atoms with Gasteiger partial charge in [0.25, 0.3) is 5.91 Å². The van der Waals surface area contributed by atoms with Gasteiger partial charge in [-0.3, -0.25) is 14.5 Å². The molecular weight excluding hydrogens is 960 g/mol. The van der Waals surface area contributed by atoms with Crippen LogP contribution in [0.4, 0.5) is 10.1 Å². The summed E-state index contributed by atoms with van der Waals surface area (Å²) in [5.41, 5.74) is 10.2. The van der Waals surface area contributed by atoms with Crippen LogP contribution in [0.1, 0.15) is 91.9 Å². The summed E-state index contributed by atoms with van der Waals surface area (Å²) < 4.78 is 24.3. The van der Waals surface area contributed by atoms with Crippen LogP contribution in [0.3, 0.4) is 0 Å². The standard InChI is InChI=1S/C33H35FN2O5.C30H34N2O3/c1-21(2)31-30(33(41)35-25-11-7-4-8-12-25)29(22-9-5-3-6-10-22)32(23-13-15-24(34)16-14-23)36(31)18-17-26(37)19-27(38)20-28(39)40;1-22-28-20-26(34)12-15-29(28)32(30(22)24-8-10-25(33)11-9-24)21-23-6-13-27(14-7-23)35-19-18-31-16-4-2-3-5-17-31/h3-16,21,26-27,37-38H,17-20H2,1-2H3,(H,35,41)(H,39,40);6-15,20,33-34H,2-5,16-19,21H2,1H3/t26-,27-;/m1./s1. The quantitative estimate of drug-likeness (QED) is 0.0461. The van der Waals surface area contributed by atoms with Gasteiger partial charge in [-0.2, -0.15) is 0 Å². The fourth-order valence-electron chi connectivity index (χ4n) is 10.4. The van der Waals surface area contributed by atoms with Crippen LogP contribution in [-0.4, -0.2) is 89.9 Å². The van der Waals surface area contributed by atoms with Crippen molar-refractivity contribution >= 4 is 28.5 Å². The Kier molecular flexibility index (Phi) is 18.4. The van der Waals surface area contributed by atoms with Gasteiger partial charge < -0.3 is 44.7 Å². The molecular formula is C63H69FN4O8. The molecule has 8 aromatic rings. The Hall–Kier alpha value is -7.71. The highest BCUT2D eigenvalue weighted by atomic mass is 19.1. The summed E-state index contributed by atoms with van der Waals surface area (Å²) >= 11 is 0. The van der Waals surface area contributed by atoms with Gasteiger partial charge in [0.15, 0.2) is 0 Å². The van der Waals surface area contributed by atoms with Crippen molar-refractivity contribution in [3.63, 3.8) is 0 Å². The zero-order chi connectivity index (χ0) is 53.7. The topological polar surface area (TPSA) is 170 Å². The van der Waals surface area contributed by atoms with E-state index in [1.807, 2.05) is 103 Å². The Labute approximate surface area is 444 Å². The van der Waals surface area contributed by atoms with Crippen molar-refractivity contribution in [2.24, 2.45) is 0 Å². The Balaban J connectivity index is 0.000000204. The minimum Gasteiger partial charge on any atom is -0.508 e. The lowest BCUT2D eigenvalue weighted by atomic mass is 9.94. The van der Waals surface area contributed by atoms with Crippen molar-refractivity contribution in [3.05, 3.63) is 180 Å². The molecule has 0 bridgehead atoms. The Morgan fingerprint density at radius 3 is 1.95 bits per heavy atom. The third kappa shape index (κ3) is 13.8. The number of aromatic nitrogens is 2. The van der Waals surface area contributed by atoms with E-state index in [-0.39, 0.29) is 48.5 Å². The summed E-state index contributed by atoms with van der Waals surface area (Å²) in [7, 11) is 0. The highest BCUT2D eigenvalue weighted by Crippen LogP contribution is 2.43. The first-order valence-corrected chi connectivity index (χ1v) is 26.3. The number of carbonyl (C=O) groups excluding carboxylic acids is 1. The van der Waals surface area contributed by atoms with Crippen molar-refractivity contribution in [3.8, 4) is 50.9 Å². The first-order chi connectivity index (χ1) is 36.7. The molecule has 6 N–H and O–H groups in total.